The molecule has 1 heterocycles. The maximum atomic E-state index is 12.7. The molecule has 0 aromatic carbocycles. The third kappa shape index (κ3) is 2.18. The van der Waals surface area contributed by atoms with Crippen LogP contribution in [0.15, 0.2) is 5.16 Å². The van der Waals surface area contributed by atoms with Gasteiger partial charge in [-0.15, -0.1) is 0 Å². The van der Waals surface area contributed by atoms with Gasteiger partial charge in [-0.1, -0.05) is 18.0 Å². The zero-order chi connectivity index (χ0) is 13.2. The Morgan fingerprint density at radius 3 is 2.67 bits per heavy atom. The van der Waals surface area contributed by atoms with Crippen molar-refractivity contribution >= 4 is 23.5 Å². The minimum Gasteiger partial charge on any atom is -0.409 e. The maximum Gasteiger partial charge on any atom is 0.236 e. The SMILES string of the molecule is CN(C(=O)C1(C(N)=NO)CCCC1)C1CCSC1. The van der Waals surface area contributed by atoms with Crippen molar-refractivity contribution in [2.24, 2.45) is 16.3 Å². The lowest BCUT2D eigenvalue weighted by Crippen LogP contribution is -2.51. The lowest BCUT2D eigenvalue weighted by Gasteiger charge is -2.34. The quantitative estimate of drug-likeness (QED) is 0.350. The van der Waals surface area contributed by atoms with Crippen molar-refractivity contribution in [2.75, 3.05) is 18.6 Å². The molecule has 18 heavy (non-hydrogen) atoms. The molecule has 0 spiro atoms. The van der Waals surface area contributed by atoms with Gasteiger partial charge >= 0.3 is 0 Å². The van der Waals surface area contributed by atoms with Gasteiger partial charge in [-0.25, -0.2) is 0 Å². The summed E-state index contributed by atoms with van der Waals surface area (Å²) in [5.41, 5.74) is 5.04. The van der Waals surface area contributed by atoms with Crippen LogP contribution in [0.4, 0.5) is 0 Å². The predicted molar refractivity (Wildman–Crippen MR) is 72.8 cm³/mol. The molecule has 1 saturated carbocycles. The van der Waals surface area contributed by atoms with Crippen LogP contribution in [0.1, 0.15) is 32.1 Å². The smallest absolute Gasteiger partial charge is 0.236 e. The van der Waals surface area contributed by atoms with Gasteiger partial charge in [-0.05, 0) is 25.0 Å². The highest BCUT2D eigenvalue weighted by Gasteiger charge is 2.48. The predicted octanol–water partition coefficient (Wildman–Crippen LogP) is 1.26. The molecule has 0 bridgehead atoms. The van der Waals surface area contributed by atoms with Crippen LogP contribution in [0.25, 0.3) is 0 Å². The number of carbonyl (C=O) groups is 1. The van der Waals surface area contributed by atoms with E-state index in [1.54, 1.807) is 0 Å². The Labute approximate surface area is 112 Å². The van der Waals surface area contributed by atoms with Crippen LogP contribution in [0.2, 0.25) is 0 Å². The molecule has 5 nitrogen and oxygen atoms in total. The van der Waals surface area contributed by atoms with E-state index in [2.05, 4.69) is 5.16 Å². The molecule has 1 atom stereocenters. The largest absolute Gasteiger partial charge is 0.409 e. The van der Waals surface area contributed by atoms with E-state index in [9.17, 15) is 4.79 Å². The molecule has 102 valence electrons. The second kappa shape index (κ2) is 5.38. The molecule has 1 amide bonds. The Morgan fingerprint density at radius 2 is 2.17 bits per heavy atom. The minimum atomic E-state index is -0.753. The number of oxime groups is 1. The van der Waals surface area contributed by atoms with Gasteiger partial charge in [0.1, 0.15) is 5.41 Å². The summed E-state index contributed by atoms with van der Waals surface area (Å²) in [4.78, 5) is 14.5. The summed E-state index contributed by atoms with van der Waals surface area (Å²) in [6.07, 6.45) is 4.38. The number of amides is 1. The van der Waals surface area contributed by atoms with Gasteiger partial charge in [0.2, 0.25) is 5.91 Å². The lowest BCUT2D eigenvalue weighted by molar-refractivity contribution is -0.138. The van der Waals surface area contributed by atoms with Gasteiger partial charge in [0.25, 0.3) is 0 Å². The lowest BCUT2D eigenvalue weighted by atomic mass is 9.83. The van der Waals surface area contributed by atoms with Gasteiger partial charge in [-0.2, -0.15) is 11.8 Å². The number of thioether (sulfide) groups is 1. The summed E-state index contributed by atoms with van der Waals surface area (Å²) in [5, 5.41) is 12.1. The highest BCUT2D eigenvalue weighted by Crippen LogP contribution is 2.40. The fraction of sp³-hybridized carbons (Fsp3) is 0.833. The molecule has 1 unspecified atom stereocenters. The summed E-state index contributed by atoms with van der Waals surface area (Å²) in [5.74, 6) is 2.22. The number of rotatable bonds is 3. The fourth-order valence-corrected chi connectivity index (χ4v) is 4.25. The van der Waals surface area contributed by atoms with E-state index >= 15 is 0 Å². The van der Waals surface area contributed by atoms with Crippen molar-refractivity contribution in [2.45, 2.75) is 38.1 Å². The first-order valence-electron chi connectivity index (χ1n) is 6.45. The molecule has 6 heteroatoms. The van der Waals surface area contributed by atoms with E-state index in [0.717, 1.165) is 30.8 Å². The first-order chi connectivity index (χ1) is 8.62. The van der Waals surface area contributed by atoms with Crippen LogP contribution >= 0.6 is 11.8 Å². The Kier molecular flexibility index (Phi) is 4.04. The van der Waals surface area contributed by atoms with Gasteiger partial charge in [0.05, 0.1) is 0 Å². The van der Waals surface area contributed by atoms with E-state index in [0.29, 0.717) is 18.9 Å². The molecule has 2 aliphatic rings. The molecular weight excluding hydrogens is 250 g/mol. The third-order valence-electron chi connectivity index (χ3n) is 4.24. The molecule has 0 aromatic heterocycles. The van der Waals surface area contributed by atoms with Gasteiger partial charge < -0.3 is 15.8 Å². The van der Waals surface area contributed by atoms with Crippen LogP contribution in [0.3, 0.4) is 0 Å². The fourth-order valence-electron chi connectivity index (χ4n) is 2.98. The summed E-state index contributed by atoms with van der Waals surface area (Å²) in [6.45, 7) is 0. The zero-order valence-electron chi connectivity index (χ0n) is 10.8. The van der Waals surface area contributed by atoms with Crippen LogP contribution in [0.5, 0.6) is 0 Å². The van der Waals surface area contributed by atoms with Crippen molar-refractivity contribution in [3.05, 3.63) is 0 Å². The van der Waals surface area contributed by atoms with E-state index in [4.69, 9.17) is 10.9 Å². The van der Waals surface area contributed by atoms with Crippen LogP contribution in [-0.2, 0) is 4.79 Å². The van der Waals surface area contributed by atoms with Crippen molar-refractivity contribution in [3.63, 3.8) is 0 Å². The van der Waals surface area contributed by atoms with E-state index in [-0.39, 0.29) is 11.7 Å². The van der Waals surface area contributed by atoms with Crippen LogP contribution in [0, 0.1) is 5.41 Å². The van der Waals surface area contributed by atoms with E-state index in [1.807, 2.05) is 23.7 Å². The minimum absolute atomic E-state index is 0.0304. The average molecular weight is 271 g/mol. The molecular formula is C12H21N3O2S. The second-order valence-electron chi connectivity index (χ2n) is 5.21. The highest BCUT2D eigenvalue weighted by molar-refractivity contribution is 7.99. The highest BCUT2D eigenvalue weighted by atomic mass is 32.2. The molecule has 3 N–H and O–H groups in total. The molecule has 1 aliphatic carbocycles. The summed E-state index contributed by atoms with van der Waals surface area (Å²) in [6, 6.07) is 0.298. The first-order valence-corrected chi connectivity index (χ1v) is 7.60. The van der Waals surface area contributed by atoms with E-state index in [1.165, 1.54) is 0 Å². The number of hydrogen-bond donors (Lipinski definition) is 2. The van der Waals surface area contributed by atoms with Crippen molar-refractivity contribution in [3.8, 4) is 0 Å². The van der Waals surface area contributed by atoms with E-state index < -0.39 is 5.41 Å². The van der Waals surface area contributed by atoms with Crippen LogP contribution in [-0.4, -0.2) is 46.4 Å². The topological polar surface area (TPSA) is 78.9 Å². The molecule has 0 radical (unpaired) electrons. The zero-order valence-corrected chi connectivity index (χ0v) is 11.6. The van der Waals surface area contributed by atoms with Gasteiger partial charge in [0, 0.05) is 18.8 Å². The third-order valence-corrected chi connectivity index (χ3v) is 5.38. The molecule has 0 aromatic rings. The maximum absolute atomic E-state index is 12.7. The Bertz CT molecular complexity index is 347. The number of hydrogen-bond acceptors (Lipinski definition) is 4. The average Bonchev–Trinajstić information content (AvgIpc) is 3.07. The van der Waals surface area contributed by atoms with Crippen LogP contribution < -0.4 is 5.73 Å². The summed E-state index contributed by atoms with van der Waals surface area (Å²) < 4.78 is 0. The number of amidine groups is 1. The normalized spacial score (nSPS) is 27.4. The number of carbonyl (C=O) groups excluding carboxylic acids is 1. The van der Waals surface area contributed by atoms with Crippen molar-refractivity contribution < 1.29 is 10.0 Å². The van der Waals surface area contributed by atoms with Crippen molar-refractivity contribution in [1.82, 2.24) is 4.90 Å². The first kappa shape index (κ1) is 13.5. The monoisotopic (exact) mass is 271 g/mol. The summed E-state index contributed by atoms with van der Waals surface area (Å²) >= 11 is 1.88. The standard InChI is InChI=1S/C12H21N3O2S/c1-15(9-4-7-18-8-9)11(16)12(10(13)14-17)5-2-3-6-12/h9,17H,2-8H2,1H3,(H2,13,14). The number of nitrogens with zero attached hydrogens (tertiary/aromatic N) is 2. The van der Waals surface area contributed by atoms with Crippen molar-refractivity contribution in [1.29, 1.82) is 0 Å². The Hall–Kier alpha value is -0.910. The molecule has 2 rings (SSSR count). The Balaban J connectivity index is 2.18. The second-order valence-corrected chi connectivity index (χ2v) is 6.36. The Morgan fingerprint density at radius 1 is 1.50 bits per heavy atom. The molecule has 1 aliphatic heterocycles. The summed E-state index contributed by atoms with van der Waals surface area (Å²) in [7, 11) is 1.85. The van der Waals surface area contributed by atoms with Gasteiger partial charge in [-0.3, -0.25) is 4.79 Å². The molecule has 1 saturated heterocycles. The van der Waals surface area contributed by atoms with Gasteiger partial charge in [0.15, 0.2) is 5.84 Å². The molecule has 2 fully saturated rings. The number of nitrogens with two attached hydrogens (primary N) is 1.